The van der Waals surface area contributed by atoms with Gasteiger partial charge in [-0.05, 0) is 60.6 Å². The zero-order valence-electron chi connectivity index (χ0n) is 18.0. The Hall–Kier alpha value is -2.86. The van der Waals surface area contributed by atoms with E-state index < -0.39 is 10.0 Å². The Balaban J connectivity index is 2.87. The summed E-state index contributed by atoms with van der Waals surface area (Å²) in [5.41, 5.74) is 6.68. The lowest BCUT2D eigenvalue weighted by molar-refractivity contribution is -0.139. The molecule has 0 amide bonds. The summed E-state index contributed by atoms with van der Waals surface area (Å²) in [4.78, 5) is 12.2. The number of carbonyl (C=O) groups is 1. The number of ether oxygens (including phenoxy) is 1. The molecule has 2 aromatic rings. The van der Waals surface area contributed by atoms with Crippen LogP contribution in [-0.4, -0.2) is 27.2 Å². The molecule has 0 aromatic heterocycles. The van der Waals surface area contributed by atoms with Crippen molar-refractivity contribution in [2.45, 2.75) is 33.6 Å². The molecule has 0 fully saturated rings. The number of methoxy groups -OCH3 is 1. The molecule has 0 spiro atoms. The van der Waals surface area contributed by atoms with Crippen molar-refractivity contribution in [3.05, 3.63) is 77.4 Å². The van der Waals surface area contributed by atoms with Crippen molar-refractivity contribution in [3.63, 3.8) is 0 Å². The van der Waals surface area contributed by atoms with Gasteiger partial charge in [0.25, 0.3) is 0 Å². The number of allylic oxidation sites excluding steroid dienone is 1. The summed E-state index contributed by atoms with van der Waals surface area (Å²) in [6.07, 6.45) is 3.60. The van der Waals surface area contributed by atoms with E-state index in [9.17, 15) is 13.2 Å². The highest BCUT2D eigenvalue weighted by atomic mass is 32.2. The molecule has 2 aromatic carbocycles. The number of rotatable bonds is 9. The summed E-state index contributed by atoms with van der Waals surface area (Å²) >= 11 is 0. The standard InChI is InChI=1S/C24H29NO4S/c1-7-9-20-17(4)23(19-12-10-16(3)11-13-19)21(15-22(26)29-6)18(5)24(20)25-30(27,28)14-8-2/h7-8,10-13,25H,1-2,9,14-15H2,3-6H3. The predicted molar refractivity (Wildman–Crippen MR) is 123 cm³/mol. The zero-order valence-corrected chi connectivity index (χ0v) is 18.9. The summed E-state index contributed by atoms with van der Waals surface area (Å²) in [6, 6.07) is 8.05. The molecular formula is C24H29NO4S. The predicted octanol–water partition coefficient (Wildman–Crippen LogP) is 4.65. The fourth-order valence-electron chi connectivity index (χ4n) is 3.57. The minimum atomic E-state index is -3.62. The van der Waals surface area contributed by atoms with Crippen molar-refractivity contribution in [3.8, 4) is 11.1 Å². The van der Waals surface area contributed by atoms with Crippen molar-refractivity contribution in [1.29, 1.82) is 0 Å². The van der Waals surface area contributed by atoms with E-state index in [4.69, 9.17) is 4.74 Å². The quantitative estimate of drug-likeness (QED) is 0.467. The topological polar surface area (TPSA) is 72.5 Å². The molecule has 0 atom stereocenters. The van der Waals surface area contributed by atoms with Crippen LogP contribution in [0.1, 0.15) is 27.8 Å². The molecular weight excluding hydrogens is 398 g/mol. The molecule has 1 N–H and O–H groups in total. The normalized spacial score (nSPS) is 11.1. The number of sulfonamides is 1. The molecule has 6 heteroatoms. The average molecular weight is 428 g/mol. The Labute approximate surface area is 179 Å². The van der Waals surface area contributed by atoms with Crippen molar-refractivity contribution in [2.75, 3.05) is 17.6 Å². The average Bonchev–Trinajstić information content (AvgIpc) is 2.69. The number of hydrogen-bond acceptors (Lipinski definition) is 4. The van der Waals surface area contributed by atoms with Gasteiger partial charge in [-0.15, -0.1) is 13.2 Å². The van der Waals surface area contributed by atoms with Gasteiger partial charge in [-0.1, -0.05) is 42.0 Å². The van der Waals surface area contributed by atoms with Gasteiger partial charge in [0.05, 0.1) is 25.0 Å². The van der Waals surface area contributed by atoms with Crippen molar-refractivity contribution in [2.24, 2.45) is 0 Å². The number of esters is 1. The number of aryl methyl sites for hydroxylation is 1. The number of hydrogen-bond donors (Lipinski definition) is 1. The van der Waals surface area contributed by atoms with E-state index in [0.717, 1.165) is 33.4 Å². The van der Waals surface area contributed by atoms with Gasteiger partial charge < -0.3 is 4.74 Å². The molecule has 2 rings (SSSR count). The summed E-state index contributed by atoms with van der Waals surface area (Å²) in [5.74, 6) is -0.590. The molecule has 0 unspecified atom stereocenters. The van der Waals surface area contributed by atoms with Gasteiger partial charge in [-0.2, -0.15) is 0 Å². The Bertz CT molecular complexity index is 1070. The third-order valence-electron chi connectivity index (χ3n) is 5.09. The molecule has 0 saturated carbocycles. The van der Waals surface area contributed by atoms with Gasteiger partial charge in [0.1, 0.15) is 0 Å². The first-order valence-electron chi connectivity index (χ1n) is 9.66. The lowest BCUT2D eigenvalue weighted by atomic mass is 9.84. The SMILES string of the molecule is C=CCc1c(C)c(-c2ccc(C)cc2)c(CC(=O)OC)c(C)c1NS(=O)(=O)CC=C. The molecule has 0 aliphatic carbocycles. The Kier molecular flexibility index (Phi) is 7.62. The van der Waals surface area contributed by atoms with Crippen molar-refractivity contribution in [1.82, 2.24) is 0 Å². The minimum Gasteiger partial charge on any atom is -0.469 e. The second kappa shape index (κ2) is 9.76. The second-order valence-corrected chi connectivity index (χ2v) is 9.01. The summed E-state index contributed by atoms with van der Waals surface area (Å²) in [6.45, 7) is 13.1. The number of carbonyl (C=O) groups excluding carboxylic acids is 1. The van der Waals surface area contributed by atoms with Crippen LogP contribution in [0.4, 0.5) is 5.69 Å². The van der Waals surface area contributed by atoms with Crippen LogP contribution in [-0.2, 0) is 32.4 Å². The van der Waals surface area contributed by atoms with Gasteiger partial charge in [0, 0.05) is 0 Å². The fourth-order valence-corrected chi connectivity index (χ4v) is 4.55. The molecule has 5 nitrogen and oxygen atoms in total. The van der Waals surface area contributed by atoms with E-state index in [1.165, 1.54) is 13.2 Å². The first kappa shape index (κ1) is 23.4. The molecule has 0 saturated heterocycles. The van der Waals surface area contributed by atoms with E-state index >= 15 is 0 Å². The molecule has 0 bridgehead atoms. The third-order valence-corrected chi connectivity index (χ3v) is 6.28. The number of anilines is 1. The van der Waals surface area contributed by atoms with E-state index in [1.807, 2.05) is 45.0 Å². The molecule has 0 aliphatic heterocycles. The lowest BCUT2D eigenvalue weighted by Gasteiger charge is -2.24. The van der Waals surface area contributed by atoms with Gasteiger partial charge >= 0.3 is 5.97 Å². The maximum atomic E-state index is 12.5. The van der Waals surface area contributed by atoms with Gasteiger partial charge in [-0.3, -0.25) is 9.52 Å². The first-order valence-corrected chi connectivity index (χ1v) is 11.3. The van der Waals surface area contributed by atoms with Crippen LogP contribution in [0.5, 0.6) is 0 Å². The zero-order chi connectivity index (χ0) is 22.5. The van der Waals surface area contributed by atoms with Crippen LogP contribution in [0.3, 0.4) is 0 Å². The molecule has 0 aliphatic rings. The highest BCUT2D eigenvalue weighted by Crippen LogP contribution is 2.39. The van der Waals surface area contributed by atoms with Gasteiger partial charge in [0.2, 0.25) is 10.0 Å². The highest BCUT2D eigenvalue weighted by Gasteiger charge is 2.24. The van der Waals surface area contributed by atoms with E-state index in [0.29, 0.717) is 17.7 Å². The smallest absolute Gasteiger partial charge is 0.310 e. The number of benzene rings is 2. The highest BCUT2D eigenvalue weighted by molar-refractivity contribution is 7.92. The van der Waals surface area contributed by atoms with Gasteiger partial charge in [0.15, 0.2) is 0 Å². The Morgan fingerprint density at radius 3 is 2.20 bits per heavy atom. The number of nitrogens with one attached hydrogen (secondary N) is 1. The van der Waals surface area contributed by atoms with Crippen LogP contribution in [0.25, 0.3) is 11.1 Å². The monoisotopic (exact) mass is 427 g/mol. The largest absolute Gasteiger partial charge is 0.469 e. The summed E-state index contributed by atoms with van der Waals surface area (Å²) in [5, 5.41) is 0. The molecule has 0 radical (unpaired) electrons. The lowest BCUT2D eigenvalue weighted by Crippen LogP contribution is -2.19. The molecule has 160 valence electrons. The Morgan fingerprint density at radius 1 is 1.03 bits per heavy atom. The fraction of sp³-hybridized carbons (Fsp3) is 0.292. The molecule has 0 heterocycles. The first-order chi connectivity index (χ1) is 14.1. The van der Waals surface area contributed by atoms with Crippen molar-refractivity contribution < 1.29 is 17.9 Å². The van der Waals surface area contributed by atoms with E-state index in [2.05, 4.69) is 17.9 Å². The maximum Gasteiger partial charge on any atom is 0.310 e. The van der Waals surface area contributed by atoms with Crippen LogP contribution in [0.2, 0.25) is 0 Å². The van der Waals surface area contributed by atoms with Crippen molar-refractivity contribution >= 4 is 21.7 Å². The third kappa shape index (κ3) is 5.19. The minimum absolute atomic E-state index is 0.0386. The summed E-state index contributed by atoms with van der Waals surface area (Å²) in [7, 11) is -2.27. The summed E-state index contributed by atoms with van der Waals surface area (Å²) < 4.78 is 32.6. The van der Waals surface area contributed by atoms with E-state index in [-0.39, 0.29) is 18.1 Å². The van der Waals surface area contributed by atoms with E-state index in [1.54, 1.807) is 6.08 Å². The van der Waals surface area contributed by atoms with Crippen LogP contribution in [0, 0.1) is 20.8 Å². The maximum absolute atomic E-state index is 12.5. The Morgan fingerprint density at radius 2 is 1.67 bits per heavy atom. The molecule has 30 heavy (non-hydrogen) atoms. The van der Waals surface area contributed by atoms with Crippen LogP contribution in [0.15, 0.2) is 49.6 Å². The second-order valence-electron chi connectivity index (χ2n) is 7.24. The van der Waals surface area contributed by atoms with Crippen LogP contribution >= 0.6 is 0 Å². The van der Waals surface area contributed by atoms with Crippen LogP contribution < -0.4 is 4.72 Å². The van der Waals surface area contributed by atoms with Gasteiger partial charge in [-0.25, -0.2) is 8.42 Å².